The fourth-order valence-electron chi connectivity index (χ4n) is 3.19. The van der Waals surface area contributed by atoms with Gasteiger partial charge in [-0.05, 0) is 37.0 Å². The van der Waals surface area contributed by atoms with Crippen molar-refractivity contribution in [3.05, 3.63) is 40.3 Å². The molecule has 3 nitrogen and oxygen atoms in total. The molecule has 0 spiro atoms. The summed E-state index contributed by atoms with van der Waals surface area (Å²) in [7, 11) is 0. The molecule has 24 heavy (non-hydrogen) atoms. The normalized spacial score (nSPS) is 16.5. The highest BCUT2D eigenvalue weighted by molar-refractivity contribution is 6.36. The first-order chi connectivity index (χ1) is 11.3. The zero-order valence-electron chi connectivity index (χ0n) is 14.5. The van der Waals surface area contributed by atoms with Gasteiger partial charge >= 0.3 is 0 Å². The lowest BCUT2D eigenvalue weighted by Crippen LogP contribution is -2.24. The minimum Gasteiger partial charge on any atom is -0.381 e. The average Bonchev–Trinajstić information content (AvgIpc) is 2.92. The lowest BCUT2D eigenvalue weighted by atomic mass is 9.94. The molecule has 5 heteroatoms. The van der Waals surface area contributed by atoms with Crippen molar-refractivity contribution in [1.29, 1.82) is 0 Å². The first-order valence-electron chi connectivity index (χ1n) is 8.45. The molecule has 1 aliphatic rings. The van der Waals surface area contributed by atoms with Crippen LogP contribution in [0.1, 0.15) is 39.4 Å². The zero-order chi connectivity index (χ0) is 17.3. The van der Waals surface area contributed by atoms with E-state index in [1.807, 2.05) is 12.1 Å². The summed E-state index contributed by atoms with van der Waals surface area (Å²) in [6, 6.07) is 5.57. The second kappa shape index (κ2) is 7.07. The summed E-state index contributed by atoms with van der Waals surface area (Å²) < 4.78 is 7.78. The number of aromatic nitrogens is 2. The number of benzene rings is 1. The van der Waals surface area contributed by atoms with Gasteiger partial charge in [-0.1, -0.05) is 44.0 Å². The van der Waals surface area contributed by atoms with Gasteiger partial charge in [-0.25, -0.2) is 4.98 Å². The molecule has 0 saturated carbocycles. The summed E-state index contributed by atoms with van der Waals surface area (Å²) in [4.78, 5) is 4.91. The van der Waals surface area contributed by atoms with E-state index in [4.69, 9.17) is 32.9 Å². The van der Waals surface area contributed by atoms with Gasteiger partial charge in [0.2, 0.25) is 0 Å². The number of hydrogen-bond donors (Lipinski definition) is 0. The van der Waals surface area contributed by atoms with E-state index in [0.717, 1.165) is 49.7 Å². The third kappa shape index (κ3) is 3.96. The first-order valence-corrected chi connectivity index (χ1v) is 9.21. The topological polar surface area (TPSA) is 27.1 Å². The summed E-state index contributed by atoms with van der Waals surface area (Å²) in [5.74, 6) is 1.73. The summed E-state index contributed by atoms with van der Waals surface area (Å²) in [5, 5.41) is 1.28. The molecule has 0 N–H and O–H groups in total. The minimum atomic E-state index is -0.0255. The molecule has 0 bridgehead atoms. The van der Waals surface area contributed by atoms with E-state index < -0.39 is 0 Å². The summed E-state index contributed by atoms with van der Waals surface area (Å²) >= 11 is 12.4. The molecule has 1 aromatic heterocycles. The smallest absolute Gasteiger partial charge is 0.114 e. The molecule has 130 valence electrons. The van der Waals surface area contributed by atoms with Crippen LogP contribution in [0.2, 0.25) is 10.0 Å². The van der Waals surface area contributed by atoms with Crippen molar-refractivity contribution in [2.75, 3.05) is 13.2 Å². The monoisotopic (exact) mass is 366 g/mol. The molecule has 0 amide bonds. The van der Waals surface area contributed by atoms with E-state index in [0.29, 0.717) is 16.0 Å². The third-order valence-electron chi connectivity index (χ3n) is 4.45. The lowest BCUT2D eigenvalue weighted by Gasteiger charge is -2.25. The van der Waals surface area contributed by atoms with Crippen LogP contribution in [0.3, 0.4) is 0 Å². The molecule has 3 rings (SSSR count). The first kappa shape index (κ1) is 17.8. The van der Waals surface area contributed by atoms with Crippen LogP contribution in [-0.2, 0) is 16.7 Å². The Bertz CT molecular complexity index is 713. The quantitative estimate of drug-likeness (QED) is 0.708. The van der Waals surface area contributed by atoms with Gasteiger partial charge in [0.15, 0.2) is 0 Å². The van der Waals surface area contributed by atoms with E-state index in [1.54, 1.807) is 6.07 Å². The Balaban J connectivity index is 1.96. The van der Waals surface area contributed by atoms with Crippen LogP contribution >= 0.6 is 23.2 Å². The predicted molar refractivity (Wildman–Crippen MR) is 99.9 cm³/mol. The maximum Gasteiger partial charge on any atom is 0.114 e. The van der Waals surface area contributed by atoms with Crippen molar-refractivity contribution in [2.24, 2.45) is 5.92 Å². The van der Waals surface area contributed by atoms with Crippen molar-refractivity contribution < 1.29 is 4.74 Å². The molecule has 0 atom stereocenters. The van der Waals surface area contributed by atoms with E-state index >= 15 is 0 Å². The van der Waals surface area contributed by atoms with E-state index in [9.17, 15) is 0 Å². The van der Waals surface area contributed by atoms with Gasteiger partial charge in [0.05, 0.1) is 10.7 Å². The van der Waals surface area contributed by atoms with E-state index in [2.05, 4.69) is 31.5 Å². The number of halogens is 2. The van der Waals surface area contributed by atoms with Crippen molar-refractivity contribution in [3.63, 3.8) is 0 Å². The third-order valence-corrected chi connectivity index (χ3v) is 5.00. The fourth-order valence-corrected chi connectivity index (χ4v) is 3.69. The molecule has 0 radical (unpaired) electrons. The Kier molecular flexibility index (Phi) is 5.24. The molecule has 1 fully saturated rings. The predicted octanol–water partition coefficient (Wildman–Crippen LogP) is 5.58. The average molecular weight is 367 g/mol. The number of hydrogen-bond acceptors (Lipinski definition) is 2. The molecular weight excluding hydrogens is 343 g/mol. The Morgan fingerprint density at radius 3 is 2.54 bits per heavy atom. The van der Waals surface area contributed by atoms with E-state index in [-0.39, 0.29) is 5.41 Å². The summed E-state index contributed by atoms with van der Waals surface area (Å²) in [6.07, 6.45) is 4.35. The number of nitrogens with zero attached hydrogens (tertiary/aromatic N) is 2. The summed E-state index contributed by atoms with van der Waals surface area (Å²) in [5.41, 5.74) is 1.81. The number of rotatable bonds is 3. The van der Waals surface area contributed by atoms with Crippen LogP contribution in [0.15, 0.2) is 24.4 Å². The minimum absolute atomic E-state index is 0.0255. The Morgan fingerprint density at radius 1 is 1.21 bits per heavy atom. The molecule has 1 aliphatic heterocycles. The van der Waals surface area contributed by atoms with Crippen molar-refractivity contribution in [3.8, 4) is 11.3 Å². The zero-order valence-corrected chi connectivity index (χ0v) is 16.0. The van der Waals surface area contributed by atoms with Crippen LogP contribution in [0.5, 0.6) is 0 Å². The SMILES string of the molecule is CC(C)(C)c1nc(-c2ccc(Cl)cc2Cl)cn1CC1CCOCC1. The highest BCUT2D eigenvalue weighted by Crippen LogP contribution is 2.33. The fraction of sp³-hybridized carbons (Fsp3) is 0.526. The van der Waals surface area contributed by atoms with Crippen molar-refractivity contribution >= 4 is 23.2 Å². The van der Waals surface area contributed by atoms with Crippen molar-refractivity contribution in [2.45, 2.75) is 45.6 Å². The van der Waals surface area contributed by atoms with Crippen LogP contribution < -0.4 is 0 Å². The van der Waals surface area contributed by atoms with Crippen LogP contribution in [0.25, 0.3) is 11.3 Å². The van der Waals surface area contributed by atoms with Gasteiger partial charge < -0.3 is 9.30 Å². The van der Waals surface area contributed by atoms with Gasteiger partial charge in [-0.3, -0.25) is 0 Å². The molecule has 1 aromatic carbocycles. The maximum absolute atomic E-state index is 6.38. The molecule has 0 unspecified atom stereocenters. The van der Waals surface area contributed by atoms with Crippen molar-refractivity contribution in [1.82, 2.24) is 9.55 Å². The second-order valence-electron chi connectivity index (χ2n) is 7.53. The van der Waals surface area contributed by atoms with Gasteiger partial charge in [-0.15, -0.1) is 0 Å². The van der Waals surface area contributed by atoms with Gasteiger partial charge in [-0.2, -0.15) is 0 Å². The molecule has 2 aromatic rings. The van der Waals surface area contributed by atoms with Gasteiger partial charge in [0.25, 0.3) is 0 Å². The molecule has 1 saturated heterocycles. The second-order valence-corrected chi connectivity index (χ2v) is 8.38. The standard InChI is InChI=1S/C19H24Cl2N2O/c1-19(2,3)18-22-17(15-5-4-14(20)10-16(15)21)12-23(18)11-13-6-8-24-9-7-13/h4-5,10,12-13H,6-9,11H2,1-3H3. The Hall–Kier alpha value is -1.03. The van der Waals surface area contributed by atoms with Crippen LogP contribution in [0, 0.1) is 5.92 Å². The highest BCUT2D eigenvalue weighted by atomic mass is 35.5. The van der Waals surface area contributed by atoms with Crippen LogP contribution in [-0.4, -0.2) is 22.8 Å². The Labute approximate surface area is 153 Å². The van der Waals surface area contributed by atoms with Gasteiger partial charge in [0.1, 0.15) is 5.82 Å². The molecule has 2 heterocycles. The molecule has 0 aliphatic carbocycles. The number of ether oxygens (including phenoxy) is 1. The maximum atomic E-state index is 6.38. The largest absolute Gasteiger partial charge is 0.381 e. The van der Waals surface area contributed by atoms with E-state index in [1.165, 1.54) is 0 Å². The summed E-state index contributed by atoms with van der Waals surface area (Å²) in [6.45, 7) is 9.30. The molecular formula is C19H24Cl2N2O. The lowest BCUT2D eigenvalue weighted by molar-refractivity contribution is 0.0608. The highest BCUT2D eigenvalue weighted by Gasteiger charge is 2.25. The Morgan fingerprint density at radius 2 is 1.92 bits per heavy atom. The van der Waals surface area contributed by atoms with Gasteiger partial charge in [0, 0.05) is 42.0 Å². The number of imidazole rings is 1. The van der Waals surface area contributed by atoms with Crippen LogP contribution in [0.4, 0.5) is 0 Å².